The number of hydrogen-bond acceptors (Lipinski definition) is 4. The van der Waals surface area contributed by atoms with E-state index in [1.165, 1.54) is 10.4 Å². The van der Waals surface area contributed by atoms with Crippen molar-refractivity contribution in [3.05, 3.63) is 57.8 Å². The Labute approximate surface area is 161 Å². The lowest BCUT2D eigenvalue weighted by atomic mass is 10.0. The lowest BCUT2D eigenvalue weighted by Gasteiger charge is -2.07. The van der Waals surface area contributed by atoms with Crippen molar-refractivity contribution in [1.82, 2.24) is 0 Å². The molecule has 0 bridgehead atoms. The van der Waals surface area contributed by atoms with Crippen LogP contribution in [-0.4, -0.2) is 23.5 Å². The highest BCUT2D eigenvalue weighted by atomic mass is 32.1. The Hall–Kier alpha value is -1.49. The largest absolute Gasteiger partial charge is 0.393 e. The summed E-state index contributed by atoms with van der Waals surface area (Å²) in [5.41, 5.74) is 6.82. The van der Waals surface area contributed by atoms with Gasteiger partial charge in [0.05, 0.1) is 11.0 Å². The normalized spacial score (nSPS) is 12.2. The maximum absolute atomic E-state index is 12.3. The van der Waals surface area contributed by atoms with E-state index in [-0.39, 0.29) is 11.9 Å². The summed E-state index contributed by atoms with van der Waals surface area (Å²) < 4.78 is 0. The Morgan fingerprint density at radius 3 is 2.54 bits per heavy atom. The first-order valence-corrected chi connectivity index (χ1v) is 10.5. The van der Waals surface area contributed by atoms with Gasteiger partial charge in [-0.05, 0) is 69.2 Å². The summed E-state index contributed by atoms with van der Waals surface area (Å²) in [6, 6.07) is 14.5. The Morgan fingerprint density at radius 1 is 0.962 bits per heavy atom. The molecule has 3 nitrogen and oxygen atoms in total. The number of aliphatic hydroxyl groups excluding tert-OH is 1. The number of Topliss-reactive ketones (excluding diaryl/α,β-unsaturated/α-hetero) is 1. The van der Waals surface area contributed by atoms with Gasteiger partial charge in [0.15, 0.2) is 5.78 Å². The molecule has 1 heterocycles. The highest BCUT2D eigenvalue weighted by Gasteiger charge is 2.10. The molecule has 1 atom stereocenters. The van der Waals surface area contributed by atoms with Crippen LogP contribution in [0.1, 0.15) is 65.1 Å². The van der Waals surface area contributed by atoms with Gasteiger partial charge in [-0.3, -0.25) is 4.79 Å². The molecule has 2 rings (SSSR count). The number of unbranched alkanes of at least 4 members (excludes halogenated alkanes) is 2. The molecular weight excluding hydrogens is 342 g/mol. The zero-order chi connectivity index (χ0) is 18.6. The third-order valence-electron chi connectivity index (χ3n) is 4.61. The quantitative estimate of drug-likeness (QED) is 0.393. The van der Waals surface area contributed by atoms with E-state index >= 15 is 0 Å². The average Bonchev–Trinajstić information content (AvgIpc) is 3.11. The number of ketones is 1. The maximum Gasteiger partial charge on any atom is 0.172 e. The number of aryl methyl sites for hydroxylation is 2. The van der Waals surface area contributed by atoms with Gasteiger partial charge >= 0.3 is 0 Å². The summed E-state index contributed by atoms with van der Waals surface area (Å²) >= 11 is 1.61. The van der Waals surface area contributed by atoms with E-state index in [1.54, 1.807) is 11.3 Å². The van der Waals surface area contributed by atoms with Crippen LogP contribution in [0.2, 0.25) is 0 Å². The van der Waals surface area contributed by atoms with Crippen molar-refractivity contribution >= 4 is 17.1 Å². The van der Waals surface area contributed by atoms with Crippen LogP contribution in [0.4, 0.5) is 0 Å². The third kappa shape index (κ3) is 7.81. The van der Waals surface area contributed by atoms with Crippen LogP contribution < -0.4 is 5.73 Å². The van der Waals surface area contributed by atoms with Gasteiger partial charge in [0.1, 0.15) is 0 Å². The number of nitrogens with two attached hydrogens (primary N) is 1. The van der Waals surface area contributed by atoms with E-state index in [0.29, 0.717) is 19.4 Å². The second kappa shape index (κ2) is 12.0. The zero-order valence-electron chi connectivity index (χ0n) is 15.5. The molecule has 0 aliphatic carbocycles. The van der Waals surface area contributed by atoms with E-state index in [9.17, 15) is 9.90 Å². The van der Waals surface area contributed by atoms with Gasteiger partial charge in [-0.15, -0.1) is 11.3 Å². The molecule has 1 unspecified atom stereocenters. The number of rotatable bonds is 13. The molecule has 0 saturated carbocycles. The number of thiophene rings is 1. The van der Waals surface area contributed by atoms with E-state index in [2.05, 4.69) is 30.3 Å². The second-order valence-electron chi connectivity index (χ2n) is 6.86. The summed E-state index contributed by atoms with van der Waals surface area (Å²) in [7, 11) is 0. The molecule has 3 N–H and O–H groups in total. The molecule has 0 saturated heterocycles. The fraction of sp³-hybridized carbons (Fsp3) is 0.500. The summed E-state index contributed by atoms with van der Waals surface area (Å²) in [5.74, 6) is 0.268. The number of carbonyl (C=O) groups excluding carboxylic acids is 1. The number of aliphatic hydroxyl groups is 1. The minimum Gasteiger partial charge on any atom is -0.393 e. The zero-order valence-corrected chi connectivity index (χ0v) is 16.3. The molecule has 26 heavy (non-hydrogen) atoms. The van der Waals surface area contributed by atoms with Crippen LogP contribution in [0.25, 0.3) is 0 Å². The van der Waals surface area contributed by atoms with E-state index in [4.69, 9.17) is 5.73 Å². The monoisotopic (exact) mass is 373 g/mol. The van der Waals surface area contributed by atoms with Crippen LogP contribution in [0.3, 0.4) is 0 Å². The lowest BCUT2D eigenvalue weighted by molar-refractivity contribution is 0.0983. The van der Waals surface area contributed by atoms with E-state index in [1.807, 2.05) is 12.1 Å². The number of hydrogen-bond donors (Lipinski definition) is 2. The van der Waals surface area contributed by atoms with E-state index < -0.39 is 0 Å². The van der Waals surface area contributed by atoms with Crippen LogP contribution in [-0.2, 0) is 12.8 Å². The van der Waals surface area contributed by atoms with Crippen molar-refractivity contribution in [2.45, 2.75) is 63.9 Å². The van der Waals surface area contributed by atoms with Gasteiger partial charge in [0.25, 0.3) is 0 Å². The van der Waals surface area contributed by atoms with Crippen LogP contribution in [0.5, 0.6) is 0 Å². The molecule has 0 amide bonds. The molecule has 0 fully saturated rings. The molecule has 4 heteroatoms. The van der Waals surface area contributed by atoms with Gasteiger partial charge in [0.2, 0.25) is 0 Å². The number of benzene rings is 1. The summed E-state index contributed by atoms with van der Waals surface area (Å²) in [6.45, 7) is 0.532. The molecule has 1 aromatic heterocycles. The van der Waals surface area contributed by atoms with Crippen molar-refractivity contribution < 1.29 is 9.90 Å². The van der Waals surface area contributed by atoms with Crippen molar-refractivity contribution in [2.75, 3.05) is 6.54 Å². The average molecular weight is 374 g/mol. The van der Waals surface area contributed by atoms with Gasteiger partial charge in [-0.25, -0.2) is 0 Å². The van der Waals surface area contributed by atoms with Gasteiger partial charge < -0.3 is 10.8 Å². The Bertz CT molecular complexity index is 639. The topological polar surface area (TPSA) is 63.3 Å². The van der Waals surface area contributed by atoms with Gasteiger partial charge in [-0.1, -0.05) is 36.8 Å². The van der Waals surface area contributed by atoms with Crippen LogP contribution in [0.15, 0.2) is 42.5 Å². The predicted octanol–water partition coefficient (Wildman–Crippen LogP) is 4.77. The van der Waals surface area contributed by atoms with Crippen molar-refractivity contribution in [3.63, 3.8) is 0 Å². The fourth-order valence-corrected chi connectivity index (χ4v) is 4.09. The highest BCUT2D eigenvalue weighted by Crippen LogP contribution is 2.21. The predicted molar refractivity (Wildman–Crippen MR) is 110 cm³/mol. The van der Waals surface area contributed by atoms with Crippen molar-refractivity contribution in [3.8, 4) is 0 Å². The Balaban J connectivity index is 1.61. The van der Waals surface area contributed by atoms with Crippen molar-refractivity contribution in [1.29, 1.82) is 0 Å². The molecule has 0 aliphatic rings. The first-order chi connectivity index (χ1) is 12.7. The molecule has 142 valence electrons. The second-order valence-corrected chi connectivity index (χ2v) is 8.03. The SMILES string of the molecule is NCCC(O)CCCc1ccc(C(=O)CCCCCc2ccccc2)s1. The molecule has 1 aromatic carbocycles. The lowest BCUT2D eigenvalue weighted by Crippen LogP contribution is -2.13. The van der Waals surface area contributed by atoms with Gasteiger partial charge in [0, 0.05) is 11.3 Å². The third-order valence-corrected chi connectivity index (χ3v) is 5.80. The Kier molecular flexibility index (Phi) is 9.61. The minimum atomic E-state index is -0.294. The van der Waals surface area contributed by atoms with Crippen molar-refractivity contribution in [2.24, 2.45) is 5.73 Å². The Morgan fingerprint density at radius 2 is 1.77 bits per heavy atom. The summed E-state index contributed by atoms with van der Waals surface area (Å²) in [6.07, 6.45) is 7.94. The molecule has 0 aliphatic heterocycles. The molecule has 0 spiro atoms. The van der Waals surface area contributed by atoms with Crippen LogP contribution in [0, 0.1) is 0 Å². The standard InChI is InChI=1S/C22H31NO2S/c23-17-16-19(24)11-7-12-20-14-15-22(26-20)21(25)13-6-2-5-10-18-8-3-1-4-9-18/h1,3-4,8-9,14-15,19,24H,2,5-7,10-13,16-17,23H2. The molecular formula is C22H31NO2S. The first kappa shape index (κ1) is 20.8. The fourth-order valence-electron chi connectivity index (χ4n) is 3.07. The smallest absolute Gasteiger partial charge is 0.172 e. The molecule has 2 aromatic rings. The summed E-state index contributed by atoms with van der Waals surface area (Å²) in [5, 5.41) is 9.70. The number of carbonyl (C=O) groups is 1. The first-order valence-electron chi connectivity index (χ1n) is 9.73. The minimum absolute atomic E-state index is 0.268. The molecule has 0 radical (unpaired) electrons. The highest BCUT2D eigenvalue weighted by molar-refractivity contribution is 7.14. The van der Waals surface area contributed by atoms with Crippen LogP contribution >= 0.6 is 11.3 Å². The van der Waals surface area contributed by atoms with E-state index in [0.717, 1.165) is 49.8 Å². The summed E-state index contributed by atoms with van der Waals surface area (Å²) in [4.78, 5) is 14.4. The maximum atomic E-state index is 12.3. The van der Waals surface area contributed by atoms with Gasteiger partial charge in [-0.2, -0.15) is 0 Å².